The number of hydrogen-bond donors (Lipinski definition) is 1. The Labute approximate surface area is 195 Å². The van der Waals surface area contributed by atoms with Crippen LogP contribution in [0.25, 0.3) is 10.8 Å². The van der Waals surface area contributed by atoms with Crippen LogP contribution in [0.5, 0.6) is 5.75 Å². The van der Waals surface area contributed by atoms with Crippen molar-refractivity contribution in [2.45, 2.75) is 6.42 Å². The highest BCUT2D eigenvalue weighted by Gasteiger charge is 2.26. The molecule has 1 N–H and O–H groups in total. The molecule has 1 heterocycles. The number of hydrogen-bond acceptors (Lipinski definition) is 5. The summed E-state index contributed by atoms with van der Waals surface area (Å²) in [6.45, 7) is 2.51. The van der Waals surface area contributed by atoms with Gasteiger partial charge in [0.2, 0.25) is 10.0 Å². The number of nitrogens with zero attached hydrogens (tertiary/aromatic N) is 2. The quantitative estimate of drug-likeness (QED) is 0.515. The first-order valence-electron chi connectivity index (χ1n) is 11.1. The smallest absolute Gasteiger partial charge is 0.251 e. The van der Waals surface area contributed by atoms with Crippen molar-refractivity contribution in [1.82, 2.24) is 9.62 Å². The molecule has 0 saturated carbocycles. The maximum Gasteiger partial charge on any atom is 0.251 e. The maximum absolute atomic E-state index is 12.8. The zero-order valence-electron chi connectivity index (χ0n) is 18.7. The van der Waals surface area contributed by atoms with E-state index >= 15 is 0 Å². The molecule has 0 bridgehead atoms. The van der Waals surface area contributed by atoms with E-state index in [1.807, 2.05) is 60.7 Å². The van der Waals surface area contributed by atoms with Crippen LogP contribution in [0, 0.1) is 0 Å². The number of carbonyl (C=O) groups is 1. The topological polar surface area (TPSA) is 79.0 Å². The summed E-state index contributed by atoms with van der Waals surface area (Å²) in [6, 6.07) is 21.2. The number of carbonyl (C=O) groups excluding carboxylic acids is 1. The van der Waals surface area contributed by atoms with Crippen LogP contribution < -0.4 is 15.0 Å². The Hall–Kier alpha value is -3.10. The van der Waals surface area contributed by atoms with E-state index in [1.165, 1.54) is 0 Å². The van der Waals surface area contributed by atoms with Gasteiger partial charge in [0.15, 0.2) is 0 Å². The second kappa shape index (κ2) is 10.2. The summed E-state index contributed by atoms with van der Waals surface area (Å²) >= 11 is 0. The third-order valence-corrected chi connectivity index (χ3v) is 7.90. The van der Waals surface area contributed by atoms with Gasteiger partial charge in [-0.1, -0.05) is 30.3 Å². The number of piperazine rings is 1. The van der Waals surface area contributed by atoms with Gasteiger partial charge in [-0.15, -0.1) is 0 Å². The summed E-state index contributed by atoms with van der Waals surface area (Å²) in [5, 5.41) is 4.91. The van der Waals surface area contributed by atoms with E-state index in [4.69, 9.17) is 4.74 Å². The first kappa shape index (κ1) is 23.1. The molecule has 0 atom stereocenters. The van der Waals surface area contributed by atoms with Crippen molar-refractivity contribution in [2.75, 3.05) is 50.5 Å². The van der Waals surface area contributed by atoms with Crippen molar-refractivity contribution >= 4 is 32.4 Å². The molecule has 1 fully saturated rings. The summed E-state index contributed by atoms with van der Waals surface area (Å²) in [6.07, 6.45) is 0.375. The SMILES string of the molecule is COc1ccc(N2CCN(S(=O)(=O)CCCNC(=O)c3ccc4ccccc4c3)CC2)cc1. The van der Waals surface area contributed by atoms with E-state index in [1.54, 1.807) is 17.5 Å². The van der Waals surface area contributed by atoms with Crippen molar-refractivity contribution in [3.8, 4) is 5.75 Å². The highest BCUT2D eigenvalue weighted by molar-refractivity contribution is 7.89. The number of ether oxygens (including phenoxy) is 1. The fraction of sp³-hybridized carbons (Fsp3) is 0.320. The van der Waals surface area contributed by atoms with Crippen LogP contribution in [0.1, 0.15) is 16.8 Å². The average molecular weight is 468 g/mol. The predicted octanol–water partition coefficient (Wildman–Crippen LogP) is 3.12. The average Bonchev–Trinajstić information content (AvgIpc) is 2.86. The highest BCUT2D eigenvalue weighted by atomic mass is 32.2. The fourth-order valence-electron chi connectivity index (χ4n) is 4.04. The molecule has 1 aliphatic rings. The molecule has 1 saturated heterocycles. The summed E-state index contributed by atoms with van der Waals surface area (Å²) in [4.78, 5) is 14.6. The van der Waals surface area contributed by atoms with Gasteiger partial charge in [0.25, 0.3) is 5.91 Å². The number of anilines is 1. The lowest BCUT2D eigenvalue weighted by molar-refractivity contribution is 0.0953. The number of fused-ring (bicyclic) bond motifs is 1. The third-order valence-electron chi connectivity index (χ3n) is 5.95. The first-order valence-corrected chi connectivity index (χ1v) is 12.7. The van der Waals surface area contributed by atoms with Gasteiger partial charge in [-0.2, -0.15) is 4.31 Å². The Kier molecular flexibility index (Phi) is 7.15. The molecule has 174 valence electrons. The van der Waals surface area contributed by atoms with Gasteiger partial charge in [0.05, 0.1) is 12.9 Å². The first-order chi connectivity index (χ1) is 16.0. The number of methoxy groups -OCH3 is 1. The Morgan fingerprint density at radius 2 is 1.64 bits per heavy atom. The van der Waals surface area contributed by atoms with Gasteiger partial charge >= 0.3 is 0 Å². The molecule has 0 aliphatic carbocycles. The molecule has 33 heavy (non-hydrogen) atoms. The lowest BCUT2D eigenvalue weighted by atomic mass is 10.1. The molecule has 7 nitrogen and oxygen atoms in total. The van der Waals surface area contributed by atoms with Crippen molar-refractivity contribution in [2.24, 2.45) is 0 Å². The normalized spacial score (nSPS) is 14.9. The van der Waals surface area contributed by atoms with Gasteiger partial charge in [-0.05, 0) is 53.6 Å². The van der Waals surface area contributed by atoms with Crippen molar-refractivity contribution in [3.63, 3.8) is 0 Å². The Balaban J connectivity index is 1.23. The molecule has 1 amide bonds. The zero-order chi connectivity index (χ0) is 23.3. The van der Waals surface area contributed by atoms with E-state index in [0.29, 0.717) is 44.7 Å². The van der Waals surface area contributed by atoms with E-state index < -0.39 is 10.0 Å². The number of sulfonamides is 1. The maximum atomic E-state index is 12.8. The second-order valence-electron chi connectivity index (χ2n) is 8.07. The van der Waals surface area contributed by atoms with Gasteiger partial charge in [-0.3, -0.25) is 4.79 Å². The van der Waals surface area contributed by atoms with Crippen LogP contribution in [0.3, 0.4) is 0 Å². The minimum absolute atomic E-state index is 0.0214. The number of nitrogens with one attached hydrogen (secondary N) is 1. The molecule has 0 spiro atoms. The van der Waals surface area contributed by atoms with Crippen molar-refractivity contribution in [3.05, 3.63) is 72.3 Å². The van der Waals surface area contributed by atoms with E-state index in [0.717, 1.165) is 22.2 Å². The molecular weight excluding hydrogens is 438 g/mol. The molecule has 1 aliphatic heterocycles. The summed E-state index contributed by atoms with van der Waals surface area (Å²) < 4.78 is 32.2. The molecule has 0 aromatic heterocycles. The van der Waals surface area contributed by atoms with Crippen LogP contribution in [0.15, 0.2) is 66.7 Å². The van der Waals surface area contributed by atoms with Gasteiger partial charge in [0.1, 0.15) is 5.75 Å². The van der Waals surface area contributed by atoms with Gasteiger partial charge < -0.3 is 15.0 Å². The van der Waals surface area contributed by atoms with Crippen LogP contribution in [-0.2, 0) is 10.0 Å². The van der Waals surface area contributed by atoms with Gasteiger partial charge in [-0.25, -0.2) is 8.42 Å². The lowest BCUT2D eigenvalue weighted by Crippen LogP contribution is -2.49. The lowest BCUT2D eigenvalue weighted by Gasteiger charge is -2.35. The summed E-state index contributed by atoms with van der Waals surface area (Å²) in [5.74, 6) is 0.631. The largest absolute Gasteiger partial charge is 0.497 e. The highest BCUT2D eigenvalue weighted by Crippen LogP contribution is 2.21. The van der Waals surface area contributed by atoms with Crippen LogP contribution >= 0.6 is 0 Å². The van der Waals surface area contributed by atoms with Crippen LogP contribution in [0.2, 0.25) is 0 Å². The molecule has 3 aromatic rings. The molecule has 0 unspecified atom stereocenters. The van der Waals surface area contributed by atoms with E-state index in [-0.39, 0.29) is 11.7 Å². The number of rotatable bonds is 8. The van der Waals surface area contributed by atoms with E-state index in [2.05, 4.69) is 10.2 Å². The fourth-order valence-corrected chi connectivity index (χ4v) is 5.52. The monoisotopic (exact) mass is 467 g/mol. The zero-order valence-corrected chi connectivity index (χ0v) is 19.6. The standard InChI is InChI=1S/C25H29N3O4S/c1-32-24-11-9-23(10-12-24)27-14-16-28(17-15-27)33(30,31)18-4-13-26-25(29)22-8-7-20-5-2-3-6-21(20)19-22/h2-3,5-12,19H,4,13-18H2,1H3,(H,26,29). The molecular formula is C25H29N3O4S. The summed E-state index contributed by atoms with van der Waals surface area (Å²) in [5.41, 5.74) is 1.63. The third kappa shape index (κ3) is 5.64. The minimum atomic E-state index is -3.36. The molecule has 0 radical (unpaired) electrons. The van der Waals surface area contributed by atoms with Gasteiger partial charge in [0, 0.05) is 44.0 Å². The minimum Gasteiger partial charge on any atom is -0.497 e. The molecule has 3 aromatic carbocycles. The van der Waals surface area contributed by atoms with Crippen molar-refractivity contribution in [1.29, 1.82) is 0 Å². The van der Waals surface area contributed by atoms with Crippen LogP contribution in [0.4, 0.5) is 5.69 Å². The Bertz CT molecular complexity index is 1200. The van der Waals surface area contributed by atoms with Crippen LogP contribution in [-0.4, -0.2) is 64.2 Å². The Morgan fingerprint density at radius 1 is 0.939 bits per heavy atom. The van der Waals surface area contributed by atoms with E-state index in [9.17, 15) is 13.2 Å². The molecule has 8 heteroatoms. The summed E-state index contributed by atoms with van der Waals surface area (Å²) in [7, 11) is -1.72. The second-order valence-corrected chi connectivity index (χ2v) is 10.2. The number of amides is 1. The van der Waals surface area contributed by atoms with Crippen molar-refractivity contribution < 1.29 is 17.9 Å². The molecule has 4 rings (SSSR count). The Morgan fingerprint density at radius 3 is 2.33 bits per heavy atom. The number of benzene rings is 3. The predicted molar refractivity (Wildman–Crippen MR) is 131 cm³/mol.